The van der Waals surface area contributed by atoms with Crippen molar-refractivity contribution >= 4 is 0 Å². The Morgan fingerprint density at radius 1 is 1.00 bits per heavy atom. The number of likely N-dealkylation sites (N-methyl/N-ethyl adjacent to an activating group) is 1. The zero-order valence-electron chi connectivity index (χ0n) is 12.5. The highest BCUT2D eigenvalue weighted by Gasteiger charge is 1.97. The summed E-state index contributed by atoms with van der Waals surface area (Å²) >= 11 is 0. The Morgan fingerprint density at radius 2 is 1.83 bits per heavy atom. The molecule has 0 aliphatic carbocycles. The van der Waals surface area contributed by atoms with Crippen molar-refractivity contribution < 1.29 is 4.74 Å². The van der Waals surface area contributed by atoms with E-state index in [4.69, 9.17) is 4.74 Å². The third-order valence-electron chi connectivity index (χ3n) is 2.90. The lowest BCUT2D eigenvalue weighted by Crippen LogP contribution is -2.24. The van der Waals surface area contributed by atoms with Crippen LogP contribution in [-0.2, 0) is 4.74 Å². The molecule has 0 saturated carbocycles. The van der Waals surface area contributed by atoms with Gasteiger partial charge in [-0.2, -0.15) is 0 Å². The molecule has 0 amide bonds. The molecule has 0 bridgehead atoms. The van der Waals surface area contributed by atoms with Gasteiger partial charge in [-0.05, 0) is 33.4 Å². The first-order valence-electron chi connectivity index (χ1n) is 7.33. The summed E-state index contributed by atoms with van der Waals surface area (Å²) < 4.78 is 5.56. The summed E-state index contributed by atoms with van der Waals surface area (Å²) in [5.74, 6) is 0. The Balaban J connectivity index is 3.24. The van der Waals surface area contributed by atoms with Crippen LogP contribution in [0.5, 0.6) is 0 Å². The molecule has 0 aromatic carbocycles. The molecule has 0 aromatic heterocycles. The van der Waals surface area contributed by atoms with Gasteiger partial charge in [0.25, 0.3) is 0 Å². The average Bonchev–Trinajstić information content (AvgIpc) is 2.38. The summed E-state index contributed by atoms with van der Waals surface area (Å²) in [4.78, 5) is 2.36. The fourth-order valence-electron chi connectivity index (χ4n) is 1.67. The second kappa shape index (κ2) is 14.5. The summed E-state index contributed by atoms with van der Waals surface area (Å²) in [6.45, 7) is 8.09. The van der Waals surface area contributed by atoms with Crippen LogP contribution in [0, 0.1) is 0 Å². The highest BCUT2D eigenvalue weighted by Crippen LogP contribution is 1.99. The Hall–Kier alpha value is -0.600. The van der Waals surface area contributed by atoms with Gasteiger partial charge in [0.05, 0.1) is 13.2 Å². The second-order valence-corrected chi connectivity index (χ2v) is 4.71. The molecule has 0 rings (SSSR count). The van der Waals surface area contributed by atoms with Crippen LogP contribution in [0.15, 0.2) is 24.3 Å². The fraction of sp³-hybridized carbons (Fsp3) is 0.750. The monoisotopic (exact) mass is 253 g/mol. The molecule has 106 valence electrons. The molecular formula is C16H31NO. The molecule has 2 heteroatoms. The number of nitrogens with zero attached hydrogens (tertiary/aromatic N) is 1. The highest BCUT2D eigenvalue weighted by atomic mass is 16.5. The van der Waals surface area contributed by atoms with E-state index >= 15 is 0 Å². The molecule has 0 fully saturated rings. The van der Waals surface area contributed by atoms with Gasteiger partial charge in [0.15, 0.2) is 0 Å². The number of unbranched alkanes of at least 4 members (excludes halogenated alkanes) is 3. The molecule has 0 aromatic rings. The van der Waals surface area contributed by atoms with Crippen molar-refractivity contribution in [3.63, 3.8) is 0 Å². The number of allylic oxidation sites excluding steroid dienone is 3. The van der Waals surface area contributed by atoms with Gasteiger partial charge >= 0.3 is 0 Å². The van der Waals surface area contributed by atoms with Gasteiger partial charge in [0.1, 0.15) is 0 Å². The maximum atomic E-state index is 5.56. The van der Waals surface area contributed by atoms with Crippen molar-refractivity contribution in [2.75, 3.05) is 33.4 Å². The van der Waals surface area contributed by atoms with Crippen molar-refractivity contribution in [1.82, 2.24) is 4.90 Å². The van der Waals surface area contributed by atoms with E-state index in [1.807, 2.05) is 6.92 Å². The van der Waals surface area contributed by atoms with Crippen LogP contribution in [0.4, 0.5) is 0 Å². The van der Waals surface area contributed by atoms with Gasteiger partial charge in [-0.1, -0.05) is 50.5 Å². The molecule has 0 N–H and O–H groups in total. The molecule has 0 saturated heterocycles. The molecule has 0 heterocycles. The third-order valence-corrected chi connectivity index (χ3v) is 2.90. The van der Waals surface area contributed by atoms with Crippen LogP contribution in [0.25, 0.3) is 0 Å². The smallest absolute Gasteiger partial charge is 0.0648 e. The maximum Gasteiger partial charge on any atom is 0.0648 e. The van der Waals surface area contributed by atoms with Gasteiger partial charge in [-0.3, -0.25) is 0 Å². The minimum Gasteiger partial charge on any atom is -0.376 e. The third kappa shape index (κ3) is 13.5. The Kier molecular flexibility index (Phi) is 14.0. The lowest BCUT2D eigenvalue weighted by molar-refractivity contribution is 0.133. The Bertz CT molecular complexity index is 211. The zero-order chi connectivity index (χ0) is 13.5. The predicted octanol–water partition coefficient (Wildman–Crippen LogP) is 4.04. The van der Waals surface area contributed by atoms with Crippen molar-refractivity contribution in [2.45, 2.75) is 46.0 Å². The van der Waals surface area contributed by atoms with Crippen LogP contribution >= 0.6 is 0 Å². The number of rotatable bonds is 12. The predicted molar refractivity (Wildman–Crippen MR) is 81.0 cm³/mol. The maximum absolute atomic E-state index is 5.56. The van der Waals surface area contributed by atoms with E-state index in [0.29, 0.717) is 0 Å². The van der Waals surface area contributed by atoms with Crippen LogP contribution in [0.3, 0.4) is 0 Å². The minimum absolute atomic E-state index is 0.737. The summed E-state index contributed by atoms with van der Waals surface area (Å²) in [5, 5.41) is 0. The van der Waals surface area contributed by atoms with Gasteiger partial charge in [0, 0.05) is 6.54 Å². The number of hydrogen-bond donors (Lipinski definition) is 0. The van der Waals surface area contributed by atoms with Crippen LogP contribution in [0.1, 0.15) is 46.0 Å². The van der Waals surface area contributed by atoms with Crippen LogP contribution in [0.2, 0.25) is 0 Å². The molecular weight excluding hydrogens is 222 g/mol. The van der Waals surface area contributed by atoms with E-state index in [0.717, 1.165) is 26.2 Å². The Labute approximate surface area is 114 Å². The molecule has 0 radical (unpaired) electrons. The molecule has 18 heavy (non-hydrogen) atoms. The Morgan fingerprint density at radius 3 is 2.56 bits per heavy atom. The van der Waals surface area contributed by atoms with Crippen molar-refractivity contribution in [3.05, 3.63) is 24.3 Å². The first-order valence-corrected chi connectivity index (χ1v) is 7.33. The number of ether oxygens (including phenoxy) is 1. The average molecular weight is 253 g/mol. The van der Waals surface area contributed by atoms with E-state index in [2.05, 4.69) is 43.2 Å². The molecule has 0 atom stereocenters. The summed E-state index contributed by atoms with van der Waals surface area (Å²) in [7, 11) is 2.18. The second-order valence-electron chi connectivity index (χ2n) is 4.71. The molecule has 0 unspecified atom stereocenters. The standard InChI is InChI=1S/C16H31NO/c1-4-6-8-10-12-15-18-16-14-17(3)13-11-9-7-5-2/h4,6,10,12H,5,7-9,11,13-16H2,1-3H3/b6-4-,12-10-. The lowest BCUT2D eigenvalue weighted by Gasteiger charge is -2.15. The van der Waals surface area contributed by atoms with E-state index < -0.39 is 0 Å². The van der Waals surface area contributed by atoms with Gasteiger partial charge in [-0.25, -0.2) is 0 Å². The van der Waals surface area contributed by atoms with Crippen molar-refractivity contribution in [3.8, 4) is 0 Å². The largest absolute Gasteiger partial charge is 0.376 e. The fourth-order valence-corrected chi connectivity index (χ4v) is 1.67. The van der Waals surface area contributed by atoms with Crippen LogP contribution in [-0.4, -0.2) is 38.3 Å². The summed E-state index contributed by atoms with van der Waals surface area (Å²) in [6.07, 6.45) is 14.8. The molecule has 2 nitrogen and oxygen atoms in total. The van der Waals surface area contributed by atoms with Gasteiger partial charge in [-0.15, -0.1) is 0 Å². The van der Waals surface area contributed by atoms with E-state index in [9.17, 15) is 0 Å². The molecule has 0 spiro atoms. The van der Waals surface area contributed by atoms with E-state index in [-0.39, 0.29) is 0 Å². The summed E-state index contributed by atoms with van der Waals surface area (Å²) in [6, 6.07) is 0. The minimum atomic E-state index is 0.737. The normalized spacial score (nSPS) is 12.2. The molecule has 0 aliphatic heterocycles. The van der Waals surface area contributed by atoms with Crippen molar-refractivity contribution in [1.29, 1.82) is 0 Å². The quantitative estimate of drug-likeness (QED) is 0.384. The molecule has 0 aliphatic rings. The van der Waals surface area contributed by atoms with E-state index in [1.165, 1.54) is 32.2 Å². The van der Waals surface area contributed by atoms with Gasteiger partial charge < -0.3 is 9.64 Å². The highest BCUT2D eigenvalue weighted by molar-refractivity contribution is 4.91. The van der Waals surface area contributed by atoms with E-state index in [1.54, 1.807) is 0 Å². The zero-order valence-corrected chi connectivity index (χ0v) is 12.5. The van der Waals surface area contributed by atoms with Crippen LogP contribution < -0.4 is 0 Å². The number of hydrogen-bond acceptors (Lipinski definition) is 2. The van der Waals surface area contributed by atoms with Gasteiger partial charge in [0.2, 0.25) is 0 Å². The SMILES string of the molecule is C/C=C\C/C=C\COCCN(C)CCCCCC. The topological polar surface area (TPSA) is 12.5 Å². The lowest BCUT2D eigenvalue weighted by atomic mass is 10.2. The van der Waals surface area contributed by atoms with Crippen molar-refractivity contribution in [2.24, 2.45) is 0 Å². The first kappa shape index (κ1) is 17.4. The first-order chi connectivity index (χ1) is 8.81. The summed E-state index contributed by atoms with van der Waals surface area (Å²) in [5.41, 5.74) is 0.